The normalized spacial score (nSPS) is 15.4. The van der Waals surface area contributed by atoms with Crippen LogP contribution in [0.5, 0.6) is 5.19 Å². The lowest BCUT2D eigenvalue weighted by Crippen LogP contribution is -2.38. The first-order valence-electron chi connectivity index (χ1n) is 13.0. The van der Waals surface area contributed by atoms with Gasteiger partial charge < -0.3 is 18.9 Å². The lowest BCUT2D eigenvalue weighted by atomic mass is 9.92. The fraction of sp³-hybridized carbons (Fsp3) is 0.481. The van der Waals surface area contributed by atoms with Crippen molar-refractivity contribution in [3.8, 4) is 16.5 Å². The molecule has 9 nitrogen and oxygen atoms in total. The Morgan fingerprint density at radius 2 is 1.87 bits per heavy atom. The number of anilines is 1. The van der Waals surface area contributed by atoms with Gasteiger partial charge in [-0.05, 0) is 61.9 Å². The molecule has 0 bridgehead atoms. The van der Waals surface area contributed by atoms with Crippen molar-refractivity contribution in [3.05, 3.63) is 42.2 Å². The van der Waals surface area contributed by atoms with Crippen LogP contribution in [0.15, 0.2) is 45.8 Å². The highest BCUT2D eigenvalue weighted by molar-refractivity contribution is 7.97. The molecule has 11 heteroatoms. The molecule has 1 saturated heterocycles. The molecular weight excluding hydrogens is 520 g/mol. The van der Waals surface area contributed by atoms with Crippen LogP contribution in [0.2, 0.25) is 0 Å². The van der Waals surface area contributed by atoms with E-state index < -0.39 is 0 Å². The predicted molar refractivity (Wildman–Crippen MR) is 152 cm³/mol. The maximum absolute atomic E-state index is 6.31. The smallest absolute Gasteiger partial charge is 0.324 e. The number of ether oxygens (including phenoxy) is 2. The molecule has 1 aliphatic rings. The van der Waals surface area contributed by atoms with Crippen LogP contribution in [0.25, 0.3) is 21.6 Å². The summed E-state index contributed by atoms with van der Waals surface area (Å²) in [7, 11) is 1.70. The molecule has 1 atom stereocenters. The molecule has 0 saturated carbocycles. The lowest BCUT2D eigenvalue weighted by molar-refractivity contribution is 0.131. The highest BCUT2D eigenvalue weighted by Crippen LogP contribution is 2.33. The Kier molecular flexibility index (Phi) is 8.78. The van der Waals surface area contributed by atoms with E-state index in [4.69, 9.17) is 24.0 Å². The SMILES string of the molecule is COCCNSc1ccc(-c2ccc3nc(OC(C)C4CCN(c5nc(C(C)C)no5)CC4)sc3n2)cc1. The molecule has 0 aliphatic carbocycles. The Balaban J connectivity index is 1.17. The van der Waals surface area contributed by atoms with Gasteiger partial charge >= 0.3 is 6.01 Å². The minimum atomic E-state index is 0.0636. The van der Waals surface area contributed by atoms with Crippen LogP contribution in [0, 0.1) is 5.92 Å². The fourth-order valence-corrected chi connectivity index (χ4v) is 5.88. The predicted octanol–water partition coefficient (Wildman–Crippen LogP) is 5.79. The fourth-order valence-electron chi connectivity index (χ4n) is 4.38. The van der Waals surface area contributed by atoms with Gasteiger partial charge in [0.05, 0.1) is 12.3 Å². The maximum Gasteiger partial charge on any atom is 0.324 e. The number of pyridine rings is 1. The Hall–Kier alpha value is -2.73. The number of hydrogen-bond donors (Lipinski definition) is 1. The Labute approximate surface area is 231 Å². The first kappa shape index (κ1) is 26.9. The van der Waals surface area contributed by atoms with Crippen molar-refractivity contribution in [2.24, 2.45) is 5.92 Å². The van der Waals surface area contributed by atoms with Crippen molar-refractivity contribution in [2.75, 3.05) is 38.3 Å². The molecule has 202 valence electrons. The number of aromatic nitrogens is 4. The third-order valence-corrected chi connectivity index (χ3v) is 8.40. The van der Waals surface area contributed by atoms with Gasteiger partial charge in [-0.1, -0.05) is 42.5 Å². The number of rotatable bonds is 11. The Morgan fingerprint density at radius 3 is 2.58 bits per heavy atom. The molecule has 1 N–H and O–H groups in total. The molecule has 38 heavy (non-hydrogen) atoms. The van der Waals surface area contributed by atoms with Crippen molar-refractivity contribution >= 4 is 39.6 Å². The van der Waals surface area contributed by atoms with Gasteiger partial charge in [-0.2, -0.15) is 4.98 Å². The quantitative estimate of drug-likeness (QED) is 0.181. The van der Waals surface area contributed by atoms with Crippen LogP contribution in [0.3, 0.4) is 0 Å². The summed E-state index contributed by atoms with van der Waals surface area (Å²) < 4.78 is 20.1. The molecule has 5 rings (SSSR count). The molecule has 0 spiro atoms. The Morgan fingerprint density at radius 1 is 1.08 bits per heavy atom. The minimum absolute atomic E-state index is 0.0636. The van der Waals surface area contributed by atoms with Gasteiger partial charge in [-0.15, -0.1) is 0 Å². The maximum atomic E-state index is 6.31. The number of nitrogens with one attached hydrogen (secondary N) is 1. The van der Waals surface area contributed by atoms with Crippen molar-refractivity contribution in [3.63, 3.8) is 0 Å². The minimum Gasteiger partial charge on any atom is -0.467 e. The van der Waals surface area contributed by atoms with E-state index in [2.05, 4.69) is 64.8 Å². The van der Waals surface area contributed by atoms with Gasteiger partial charge in [0.2, 0.25) is 0 Å². The van der Waals surface area contributed by atoms with Crippen LogP contribution in [-0.4, -0.2) is 59.6 Å². The van der Waals surface area contributed by atoms with Gasteiger partial charge in [0.25, 0.3) is 5.19 Å². The molecule has 3 aromatic heterocycles. The highest BCUT2D eigenvalue weighted by atomic mass is 32.2. The number of methoxy groups -OCH3 is 1. The summed E-state index contributed by atoms with van der Waals surface area (Å²) in [4.78, 5) is 18.3. The average Bonchev–Trinajstić information content (AvgIpc) is 3.59. The molecule has 1 fully saturated rings. The van der Waals surface area contributed by atoms with E-state index in [1.165, 1.54) is 11.3 Å². The largest absolute Gasteiger partial charge is 0.467 e. The summed E-state index contributed by atoms with van der Waals surface area (Å²) >= 11 is 3.11. The van der Waals surface area contributed by atoms with E-state index in [0.29, 0.717) is 23.7 Å². The van der Waals surface area contributed by atoms with E-state index in [-0.39, 0.29) is 12.0 Å². The van der Waals surface area contributed by atoms with Gasteiger partial charge in [0, 0.05) is 43.1 Å². The third kappa shape index (κ3) is 6.45. The van der Waals surface area contributed by atoms with Crippen LogP contribution < -0.4 is 14.4 Å². The molecule has 0 radical (unpaired) electrons. The molecule has 1 aromatic carbocycles. The number of thiazole rings is 1. The monoisotopic (exact) mass is 554 g/mol. The molecule has 1 aliphatic heterocycles. The van der Waals surface area contributed by atoms with E-state index in [1.54, 1.807) is 19.1 Å². The van der Waals surface area contributed by atoms with Crippen LogP contribution in [-0.2, 0) is 4.74 Å². The van der Waals surface area contributed by atoms with E-state index in [1.807, 2.05) is 12.1 Å². The number of benzene rings is 1. The van der Waals surface area contributed by atoms with Crippen molar-refractivity contribution in [1.29, 1.82) is 0 Å². The van der Waals surface area contributed by atoms with Gasteiger partial charge in [-0.3, -0.25) is 4.72 Å². The first-order valence-corrected chi connectivity index (χ1v) is 14.7. The van der Waals surface area contributed by atoms with Crippen LogP contribution >= 0.6 is 23.3 Å². The van der Waals surface area contributed by atoms with Gasteiger partial charge in [-0.25, -0.2) is 9.97 Å². The van der Waals surface area contributed by atoms with Crippen LogP contribution in [0.4, 0.5) is 6.01 Å². The first-order chi connectivity index (χ1) is 18.5. The second-order valence-corrected chi connectivity index (χ2v) is 11.7. The number of piperidine rings is 1. The zero-order chi connectivity index (χ0) is 26.5. The van der Waals surface area contributed by atoms with Crippen LogP contribution in [0.1, 0.15) is 45.4 Å². The molecule has 0 amide bonds. The van der Waals surface area contributed by atoms with Gasteiger partial charge in [0.1, 0.15) is 16.5 Å². The summed E-state index contributed by atoms with van der Waals surface area (Å²) in [6.45, 7) is 9.52. The highest BCUT2D eigenvalue weighted by Gasteiger charge is 2.28. The van der Waals surface area contributed by atoms with E-state index in [9.17, 15) is 0 Å². The second-order valence-electron chi connectivity index (χ2n) is 9.75. The number of nitrogens with zero attached hydrogens (tertiary/aromatic N) is 5. The summed E-state index contributed by atoms with van der Waals surface area (Å²) in [6.07, 6.45) is 2.07. The zero-order valence-corrected chi connectivity index (χ0v) is 23.8. The Bertz CT molecular complexity index is 1320. The second kappa shape index (κ2) is 12.4. The summed E-state index contributed by atoms with van der Waals surface area (Å²) in [6, 6.07) is 13.1. The summed E-state index contributed by atoms with van der Waals surface area (Å²) in [5, 5.41) is 4.77. The summed E-state index contributed by atoms with van der Waals surface area (Å²) in [5.41, 5.74) is 2.87. The average molecular weight is 555 g/mol. The lowest BCUT2D eigenvalue weighted by Gasteiger charge is -2.33. The summed E-state index contributed by atoms with van der Waals surface area (Å²) in [5.74, 6) is 1.46. The van der Waals surface area contributed by atoms with Crippen molar-refractivity contribution in [1.82, 2.24) is 24.8 Å². The molecular formula is C27H34N6O3S2. The van der Waals surface area contributed by atoms with Crippen molar-refractivity contribution in [2.45, 2.75) is 50.5 Å². The topological polar surface area (TPSA) is 98.4 Å². The van der Waals surface area contributed by atoms with Gasteiger partial charge in [0.15, 0.2) is 5.82 Å². The van der Waals surface area contributed by atoms with Crippen molar-refractivity contribution < 1.29 is 14.0 Å². The van der Waals surface area contributed by atoms with E-state index in [0.717, 1.165) is 64.8 Å². The molecule has 1 unspecified atom stereocenters. The molecule has 4 aromatic rings. The third-order valence-electron chi connectivity index (χ3n) is 6.69. The number of hydrogen-bond acceptors (Lipinski definition) is 11. The van der Waals surface area contributed by atoms with E-state index >= 15 is 0 Å². The number of fused-ring (bicyclic) bond motifs is 1. The molecule has 4 heterocycles. The standard InChI is InChI=1S/C27H34N6O3S2/c1-17(2)24-31-26(36-32-24)33-14-11-19(12-15-33)18(3)35-27-30-23-10-9-22(29-25(23)37-27)20-5-7-21(8-6-20)38-28-13-16-34-4/h5-10,17-19,28H,11-16H2,1-4H3. The zero-order valence-electron chi connectivity index (χ0n) is 22.2.